The lowest BCUT2D eigenvalue weighted by molar-refractivity contribution is 0.0795. The van der Waals surface area contributed by atoms with E-state index in [1.165, 1.54) is 12.1 Å². The summed E-state index contributed by atoms with van der Waals surface area (Å²) < 4.78 is 33.1. The number of nitrogens with one attached hydrogen (secondary N) is 1. The molecule has 9 heteroatoms. The largest absolute Gasteiger partial charge is 0.480 e. The number of nitrogens with two attached hydrogens (primary N) is 1. The molecule has 1 heterocycles. The molecular formula is C23H20Cl2N2O4S. The number of ether oxygens (including phenoxy) is 1. The van der Waals surface area contributed by atoms with Crippen LogP contribution in [0.4, 0.5) is 0 Å². The van der Waals surface area contributed by atoms with Crippen molar-refractivity contribution in [1.82, 2.24) is 4.72 Å². The lowest BCUT2D eigenvalue weighted by Crippen LogP contribution is -2.33. The van der Waals surface area contributed by atoms with Gasteiger partial charge in [0, 0.05) is 22.7 Å². The Morgan fingerprint density at radius 1 is 1.06 bits per heavy atom. The molecule has 166 valence electrons. The summed E-state index contributed by atoms with van der Waals surface area (Å²) in [5, 5.41) is 0.656. The summed E-state index contributed by atoms with van der Waals surface area (Å²) in [5.41, 5.74) is 8.71. The maximum absolute atomic E-state index is 13.0. The molecule has 2 atom stereocenters. The van der Waals surface area contributed by atoms with Gasteiger partial charge in [-0.15, -0.1) is 0 Å². The number of carbonyl (C=O) groups excluding carboxylic acids is 1. The van der Waals surface area contributed by atoms with Gasteiger partial charge in [-0.3, -0.25) is 4.79 Å². The summed E-state index contributed by atoms with van der Waals surface area (Å²) in [7, 11) is -3.59. The third-order valence-electron chi connectivity index (χ3n) is 5.22. The molecule has 3 N–H and O–H groups in total. The highest BCUT2D eigenvalue weighted by Crippen LogP contribution is 2.40. The van der Waals surface area contributed by atoms with Crippen LogP contribution in [0, 0.1) is 0 Å². The molecule has 2 unspecified atom stereocenters. The summed E-state index contributed by atoms with van der Waals surface area (Å²) in [6.07, 6.45) is -0.931. The number of carbonyl (C=O) groups is 1. The van der Waals surface area contributed by atoms with Crippen molar-refractivity contribution in [3.63, 3.8) is 0 Å². The molecule has 1 aliphatic heterocycles. The zero-order chi connectivity index (χ0) is 23.0. The second-order valence-corrected chi connectivity index (χ2v) is 9.95. The third-order valence-corrected chi connectivity index (χ3v) is 7.31. The minimum absolute atomic E-state index is 0.167. The Morgan fingerprint density at radius 3 is 2.53 bits per heavy atom. The number of rotatable bonds is 6. The molecule has 6 nitrogen and oxygen atoms in total. The normalized spacial score (nSPS) is 17.6. The number of hydrogen-bond acceptors (Lipinski definition) is 5. The van der Waals surface area contributed by atoms with E-state index < -0.39 is 22.2 Å². The van der Waals surface area contributed by atoms with E-state index in [-0.39, 0.29) is 21.3 Å². The van der Waals surface area contributed by atoms with E-state index in [0.717, 1.165) is 5.56 Å². The van der Waals surface area contributed by atoms with Crippen molar-refractivity contribution in [3.05, 3.63) is 81.8 Å². The predicted octanol–water partition coefficient (Wildman–Crippen LogP) is 4.60. The first-order valence-electron chi connectivity index (χ1n) is 9.87. The lowest BCUT2D eigenvalue weighted by atomic mass is 9.96. The van der Waals surface area contributed by atoms with Crippen molar-refractivity contribution in [2.45, 2.75) is 24.0 Å². The van der Waals surface area contributed by atoms with Gasteiger partial charge in [0.05, 0.1) is 16.0 Å². The maximum Gasteiger partial charge on any atom is 0.240 e. The van der Waals surface area contributed by atoms with Gasteiger partial charge >= 0.3 is 0 Å². The first-order chi connectivity index (χ1) is 15.2. The molecule has 0 spiro atoms. The average Bonchev–Trinajstić information content (AvgIpc) is 3.09. The SMILES string of the molecule is CCNS(=O)(=O)c1cccc(-c2ccc3c(c2)OC(C(=O)c2ccc(Cl)cc2Cl)C3N)c1. The summed E-state index contributed by atoms with van der Waals surface area (Å²) in [6.45, 7) is 2.02. The van der Waals surface area contributed by atoms with E-state index in [1.54, 1.807) is 49.4 Å². The van der Waals surface area contributed by atoms with E-state index in [0.29, 0.717) is 28.4 Å². The molecule has 32 heavy (non-hydrogen) atoms. The van der Waals surface area contributed by atoms with Gasteiger partial charge in [-0.25, -0.2) is 13.1 Å². The highest BCUT2D eigenvalue weighted by atomic mass is 35.5. The fourth-order valence-corrected chi connectivity index (χ4v) is 5.23. The number of fused-ring (bicyclic) bond motifs is 1. The van der Waals surface area contributed by atoms with Crippen LogP contribution >= 0.6 is 23.2 Å². The van der Waals surface area contributed by atoms with Crippen molar-refractivity contribution in [3.8, 4) is 16.9 Å². The molecule has 0 radical (unpaired) electrons. The van der Waals surface area contributed by atoms with Gasteiger partial charge in [0.15, 0.2) is 6.10 Å². The second kappa shape index (κ2) is 8.84. The highest BCUT2D eigenvalue weighted by molar-refractivity contribution is 7.89. The molecule has 0 saturated carbocycles. The number of halogens is 2. The molecule has 0 fully saturated rings. The molecule has 4 rings (SSSR count). The van der Waals surface area contributed by atoms with Crippen LogP contribution in [0.15, 0.2) is 65.6 Å². The lowest BCUT2D eigenvalue weighted by Gasteiger charge is -2.15. The van der Waals surface area contributed by atoms with Crippen LogP contribution in [0.25, 0.3) is 11.1 Å². The van der Waals surface area contributed by atoms with Crippen LogP contribution in [0.5, 0.6) is 5.75 Å². The molecule has 0 aromatic heterocycles. The fraction of sp³-hybridized carbons (Fsp3) is 0.174. The average molecular weight is 491 g/mol. The predicted molar refractivity (Wildman–Crippen MR) is 125 cm³/mol. The number of ketones is 1. The molecule has 0 saturated heterocycles. The van der Waals surface area contributed by atoms with Crippen molar-refractivity contribution < 1.29 is 17.9 Å². The molecular weight excluding hydrogens is 471 g/mol. The monoisotopic (exact) mass is 490 g/mol. The first-order valence-corrected chi connectivity index (χ1v) is 12.1. The van der Waals surface area contributed by atoms with Gasteiger partial charge in [0.2, 0.25) is 15.8 Å². The number of sulfonamides is 1. The third kappa shape index (κ3) is 4.27. The molecule has 3 aromatic rings. The van der Waals surface area contributed by atoms with Crippen LogP contribution in [-0.4, -0.2) is 26.8 Å². The first kappa shape index (κ1) is 22.8. The molecule has 3 aromatic carbocycles. The van der Waals surface area contributed by atoms with Crippen molar-refractivity contribution in [1.29, 1.82) is 0 Å². The maximum atomic E-state index is 13.0. The van der Waals surface area contributed by atoms with Crippen molar-refractivity contribution in [2.75, 3.05) is 6.54 Å². The van der Waals surface area contributed by atoms with E-state index in [4.69, 9.17) is 33.7 Å². The van der Waals surface area contributed by atoms with E-state index in [9.17, 15) is 13.2 Å². The quantitative estimate of drug-likeness (QED) is 0.491. The Morgan fingerprint density at radius 2 is 1.81 bits per heavy atom. The second-order valence-electron chi connectivity index (χ2n) is 7.33. The van der Waals surface area contributed by atoms with Gasteiger partial charge in [-0.05, 0) is 47.5 Å². The molecule has 0 bridgehead atoms. The Labute approximate surface area is 196 Å². The van der Waals surface area contributed by atoms with Gasteiger partial charge in [0.25, 0.3) is 0 Å². The summed E-state index contributed by atoms with van der Waals surface area (Å²) in [4.78, 5) is 13.2. The minimum Gasteiger partial charge on any atom is -0.480 e. The topological polar surface area (TPSA) is 98.5 Å². The van der Waals surface area contributed by atoms with Gasteiger partial charge in [-0.1, -0.05) is 54.4 Å². The van der Waals surface area contributed by atoms with Crippen LogP contribution < -0.4 is 15.2 Å². The summed E-state index contributed by atoms with van der Waals surface area (Å²) in [5.74, 6) is 0.133. The van der Waals surface area contributed by atoms with E-state index in [2.05, 4.69) is 4.72 Å². The summed E-state index contributed by atoms with van der Waals surface area (Å²) >= 11 is 12.1. The van der Waals surface area contributed by atoms with Gasteiger partial charge < -0.3 is 10.5 Å². The number of Topliss-reactive ketones (excluding diaryl/α,β-unsaturated/α-hetero) is 1. The zero-order valence-corrected chi connectivity index (χ0v) is 19.3. The number of benzene rings is 3. The van der Waals surface area contributed by atoms with Crippen LogP contribution in [0.2, 0.25) is 10.0 Å². The van der Waals surface area contributed by atoms with Crippen LogP contribution in [0.1, 0.15) is 28.9 Å². The Balaban J connectivity index is 1.64. The minimum atomic E-state index is -3.59. The zero-order valence-electron chi connectivity index (χ0n) is 17.0. The van der Waals surface area contributed by atoms with Gasteiger partial charge in [-0.2, -0.15) is 0 Å². The molecule has 1 aliphatic rings. The Hall–Kier alpha value is -2.42. The smallest absolute Gasteiger partial charge is 0.240 e. The Bertz CT molecular complexity index is 1310. The fourth-order valence-electron chi connectivity index (χ4n) is 3.64. The Kier molecular flexibility index (Phi) is 6.29. The van der Waals surface area contributed by atoms with E-state index in [1.807, 2.05) is 6.07 Å². The van der Waals surface area contributed by atoms with Crippen molar-refractivity contribution >= 4 is 39.0 Å². The molecule has 0 amide bonds. The highest BCUT2D eigenvalue weighted by Gasteiger charge is 2.38. The van der Waals surface area contributed by atoms with Crippen molar-refractivity contribution in [2.24, 2.45) is 5.73 Å². The summed E-state index contributed by atoms with van der Waals surface area (Å²) in [6, 6.07) is 15.9. The van der Waals surface area contributed by atoms with E-state index >= 15 is 0 Å². The standard InChI is InChI=1S/C23H20Cl2N2O4S/c1-2-27-32(29,30)16-5-3-4-13(10-16)14-6-8-18-20(11-14)31-23(21(18)26)22(28)17-9-7-15(24)12-19(17)25/h3-12,21,23,27H,2,26H2,1H3. The van der Waals surface area contributed by atoms with Crippen LogP contribution in [0.3, 0.4) is 0 Å². The van der Waals surface area contributed by atoms with Gasteiger partial charge in [0.1, 0.15) is 5.75 Å². The van der Waals surface area contributed by atoms with Crippen LogP contribution in [-0.2, 0) is 10.0 Å². The number of hydrogen-bond donors (Lipinski definition) is 2. The molecule has 0 aliphatic carbocycles.